The van der Waals surface area contributed by atoms with Crippen LogP contribution in [0.5, 0.6) is 0 Å². The van der Waals surface area contributed by atoms with E-state index in [4.69, 9.17) is 5.11 Å². The van der Waals surface area contributed by atoms with Crippen molar-refractivity contribution < 1.29 is 19.5 Å². The Bertz CT molecular complexity index is 859. The molecule has 3 rings (SSSR count). The normalized spacial score (nSPS) is 19.4. The van der Waals surface area contributed by atoms with Gasteiger partial charge in [-0.2, -0.15) is 0 Å². The maximum Gasteiger partial charge on any atom is 0.308 e. The van der Waals surface area contributed by atoms with Gasteiger partial charge in [0.25, 0.3) is 0 Å². The average molecular weight is 354 g/mol. The highest BCUT2D eigenvalue weighted by atomic mass is 16.4. The van der Waals surface area contributed by atoms with Gasteiger partial charge in [-0.25, -0.2) is 0 Å². The maximum atomic E-state index is 12.5. The van der Waals surface area contributed by atoms with Gasteiger partial charge in [-0.1, -0.05) is 36.4 Å². The van der Waals surface area contributed by atoms with E-state index < -0.39 is 23.8 Å². The van der Waals surface area contributed by atoms with Crippen LogP contribution in [-0.4, -0.2) is 35.5 Å². The van der Waals surface area contributed by atoms with Crippen LogP contribution in [-0.2, 0) is 14.4 Å². The van der Waals surface area contributed by atoms with E-state index in [-0.39, 0.29) is 18.2 Å². The molecule has 1 fully saturated rings. The molecule has 3 atom stereocenters. The Kier molecular flexibility index (Phi) is 4.93. The largest absolute Gasteiger partial charge is 0.481 e. The number of carbonyl (C=O) groups is 3. The zero-order valence-electron chi connectivity index (χ0n) is 14.8. The fourth-order valence-electron chi connectivity index (χ4n) is 3.24. The number of carboxylic acids is 1. The van der Waals surface area contributed by atoms with Crippen LogP contribution < -0.4 is 10.2 Å². The number of nitrogens with one attached hydrogen (secondary N) is 1. The first-order valence-electron chi connectivity index (χ1n) is 8.69. The molecular formula is C20H22N2O4. The summed E-state index contributed by atoms with van der Waals surface area (Å²) in [5.74, 6) is -2.50. The van der Waals surface area contributed by atoms with Gasteiger partial charge in [0.2, 0.25) is 11.8 Å². The highest BCUT2D eigenvalue weighted by molar-refractivity contribution is 6.07. The molecule has 2 amide bonds. The lowest BCUT2D eigenvalue weighted by atomic mass is 10.0. The molecule has 0 aromatic heterocycles. The number of rotatable bonds is 5. The molecule has 3 unspecified atom stereocenters. The van der Waals surface area contributed by atoms with Crippen LogP contribution >= 0.6 is 0 Å². The topological polar surface area (TPSA) is 86.7 Å². The molecule has 0 spiro atoms. The first kappa shape index (κ1) is 17.9. The fraction of sp³-hybridized carbons (Fsp3) is 0.350. The maximum absolute atomic E-state index is 12.5. The van der Waals surface area contributed by atoms with E-state index in [1.807, 2.05) is 42.5 Å². The van der Waals surface area contributed by atoms with Crippen molar-refractivity contribution in [1.29, 1.82) is 0 Å². The van der Waals surface area contributed by atoms with Gasteiger partial charge in [0.1, 0.15) is 0 Å². The van der Waals surface area contributed by atoms with Crippen molar-refractivity contribution in [3.63, 3.8) is 0 Å². The first-order valence-corrected chi connectivity index (χ1v) is 8.69. The average Bonchev–Trinajstić information content (AvgIpc) is 3.02. The molecule has 1 aliphatic rings. The number of benzene rings is 2. The van der Waals surface area contributed by atoms with E-state index in [1.165, 1.54) is 0 Å². The molecule has 2 aromatic carbocycles. The number of hydrogen-bond donors (Lipinski definition) is 2. The molecule has 2 N–H and O–H groups in total. The molecule has 2 aromatic rings. The lowest BCUT2D eigenvalue weighted by molar-refractivity contribution is -0.142. The van der Waals surface area contributed by atoms with Crippen LogP contribution in [0, 0.1) is 11.8 Å². The number of anilines is 1. The van der Waals surface area contributed by atoms with E-state index in [1.54, 1.807) is 18.7 Å². The first-order chi connectivity index (χ1) is 12.4. The lowest BCUT2D eigenvalue weighted by Crippen LogP contribution is -2.43. The molecular weight excluding hydrogens is 332 g/mol. The lowest BCUT2D eigenvalue weighted by Gasteiger charge is -2.21. The van der Waals surface area contributed by atoms with Crippen LogP contribution in [0.2, 0.25) is 0 Å². The van der Waals surface area contributed by atoms with Gasteiger partial charge < -0.3 is 15.3 Å². The number of amides is 2. The van der Waals surface area contributed by atoms with Crippen LogP contribution in [0.15, 0.2) is 42.5 Å². The third-order valence-corrected chi connectivity index (χ3v) is 5.06. The van der Waals surface area contributed by atoms with E-state index in [0.29, 0.717) is 6.54 Å². The summed E-state index contributed by atoms with van der Waals surface area (Å²) < 4.78 is 0. The Morgan fingerprint density at radius 3 is 2.58 bits per heavy atom. The van der Waals surface area contributed by atoms with Crippen LogP contribution in [0.3, 0.4) is 0 Å². The van der Waals surface area contributed by atoms with Crippen molar-refractivity contribution in [2.45, 2.75) is 26.3 Å². The number of fused-ring (bicyclic) bond motifs is 1. The van der Waals surface area contributed by atoms with Crippen LogP contribution in [0.1, 0.15) is 20.3 Å². The number of hydrogen-bond acceptors (Lipinski definition) is 3. The minimum atomic E-state index is -0.960. The summed E-state index contributed by atoms with van der Waals surface area (Å²) >= 11 is 0. The van der Waals surface area contributed by atoms with Crippen molar-refractivity contribution >= 4 is 34.2 Å². The predicted octanol–water partition coefficient (Wildman–Crippen LogP) is 2.42. The summed E-state index contributed by atoms with van der Waals surface area (Å²) in [5, 5.41) is 13.8. The van der Waals surface area contributed by atoms with E-state index in [9.17, 15) is 14.4 Å². The minimum absolute atomic E-state index is 0.0968. The molecule has 1 heterocycles. The quantitative estimate of drug-likeness (QED) is 0.863. The number of nitrogens with zero attached hydrogens (tertiary/aromatic N) is 1. The third-order valence-electron chi connectivity index (χ3n) is 5.06. The van der Waals surface area contributed by atoms with Crippen LogP contribution in [0.4, 0.5) is 5.69 Å². The Hall–Kier alpha value is -2.89. The Balaban J connectivity index is 1.76. The molecule has 26 heavy (non-hydrogen) atoms. The Morgan fingerprint density at radius 1 is 1.15 bits per heavy atom. The zero-order chi connectivity index (χ0) is 18.8. The summed E-state index contributed by atoms with van der Waals surface area (Å²) in [6, 6.07) is 13.1. The summed E-state index contributed by atoms with van der Waals surface area (Å²) in [4.78, 5) is 37.7. The van der Waals surface area contributed by atoms with Gasteiger partial charge in [0.05, 0.1) is 17.5 Å². The summed E-state index contributed by atoms with van der Waals surface area (Å²) in [6.45, 7) is 3.51. The van der Waals surface area contributed by atoms with Crippen molar-refractivity contribution in [1.82, 2.24) is 5.32 Å². The summed E-state index contributed by atoms with van der Waals surface area (Å²) in [7, 11) is 0. The summed E-state index contributed by atoms with van der Waals surface area (Å²) in [5.41, 5.74) is 0.801. The highest BCUT2D eigenvalue weighted by Gasteiger charge is 2.36. The standard InChI is InChI=1S/C20H22N2O4/c1-12(20(25)26)13(2)21-19(24)15-10-18(23)22(11-15)17-9-5-7-14-6-3-4-8-16(14)17/h3-9,12-13,15H,10-11H2,1-2H3,(H,21,24)(H,25,26). The van der Waals surface area contributed by atoms with Gasteiger partial charge in [-0.3, -0.25) is 14.4 Å². The van der Waals surface area contributed by atoms with Gasteiger partial charge in [-0.15, -0.1) is 0 Å². The molecule has 1 saturated heterocycles. The van der Waals surface area contributed by atoms with Gasteiger partial charge in [0, 0.05) is 24.4 Å². The second-order valence-corrected chi connectivity index (χ2v) is 6.83. The molecule has 6 nitrogen and oxygen atoms in total. The van der Waals surface area contributed by atoms with E-state index in [2.05, 4.69) is 5.32 Å². The minimum Gasteiger partial charge on any atom is -0.481 e. The zero-order valence-corrected chi connectivity index (χ0v) is 14.8. The fourth-order valence-corrected chi connectivity index (χ4v) is 3.24. The molecule has 0 saturated carbocycles. The van der Waals surface area contributed by atoms with E-state index in [0.717, 1.165) is 16.5 Å². The van der Waals surface area contributed by atoms with E-state index >= 15 is 0 Å². The van der Waals surface area contributed by atoms with Crippen molar-refractivity contribution in [2.75, 3.05) is 11.4 Å². The predicted molar refractivity (Wildman–Crippen MR) is 98.8 cm³/mol. The summed E-state index contributed by atoms with van der Waals surface area (Å²) in [6.07, 6.45) is 0.128. The number of carbonyl (C=O) groups excluding carboxylic acids is 2. The molecule has 6 heteroatoms. The molecule has 1 aliphatic heterocycles. The van der Waals surface area contributed by atoms with Gasteiger partial charge >= 0.3 is 5.97 Å². The second-order valence-electron chi connectivity index (χ2n) is 6.83. The van der Waals surface area contributed by atoms with Crippen molar-refractivity contribution in [3.05, 3.63) is 42.5 Å². The Morgan fingerprint density at radius 2 is 1.85 bits per heavy atom. The van der Waals surface area contributed by atoms with Gasteiger partial charge in [-0.05, 0) is 25.3 Å². The van der Waals surface area contributed by atoms with Crippen molar-refractivity contribution in [3.8, 4) is 0 Å². The number of carboxylic acid groups (broad SMARTS) is 1. The molecule has 0 bridgehead atoms. The number of aliphatic carboxylic acids is 1. The molecule has 0 aliphatic carbocycles. The third kappa shape index (κ3) is 3.40. The Labute approximate surface area is 151 Å². The molecule has 136 valence electrons. The SMILES string of the molecule is CC(NC(=O)C1CC(=O)N(c2cccc3ccccc23)C1)C(C)C(=O)O. The highest BCUT2D eigenvalue weighted by Crippen LogP contribution is 2.31. The van der Waals surface area contributed by atoms with Crippen molar-refractivity contribution in [2.24, 2.45) is 11.8 Å². The van der Waals surface area contributed by atoms with Crippen LogP contribution in [0.25, 0.3) is 10.8 Å². The molecule has 0 radical (unpaired) electrons. The monoisotopic (exact) mass is 354 g/mol. The smallest absolute Gasteiger partial charge is 0.308 e. The second kappa shape index (κ2) is 7.15. The van der Waals surface area contributed by atoms with Gasteiger partial charge in [0.15, 0.2) is 0 Å².